The van der Waals surface area contributed by atoms with Crippen LogP contribution in [0.3, 0.4) is 0 Å². The van der Waals surface area contributed by atoms with Crippen LogP contribution in [0.2, 0.25) is 5.02 Å². The van der Waals surface area contributed by atoms with Gasteiger partial charge in [-0.3, -0.25) is 4.98 Å². The molecule has 1 N–H and O–H groups in total. The van der Waals surface area contributed by atoms with Crippen molar-refractivity contribution in [3.63, 3.8) is 0 Å². The molecule has 0 bridgehead atoms. The topological polar surface area (TPSA) is 45.6 Å². The van der Waals surface area contributed by atoms with Gasteiger partial charge in [0.25, 0.3) is 0 Å². The molecule has 0 saturated carbocycles. The smallest absolute Gasteiger partial charge is 0.417 e. The maximum atomic E-state index is 15.6. The highest BCUT2D eigenvalue weighted by Crippen LogP contribution is 2.42. The van der Waals surface area contributed by atoms with Crippen molar-refractivity contribution in [3.05, 3.63) is 64.8 Å². The number of thioether (sulfide) groups is 1. The summed E-state index contributed by atoms with van der Waals surface area (Å²) in [5.74, 6) is 1.12. The zero-order chi connectivity index (χ0) is 27.3. The zero-order valence-electron chi connectivity index (χ0n) is 21.1. The summed E-state index contributed by atoms with van der Waals surface area (Å²) in [6.45, 7) is 2.01. The van der Waals surface area contributed by atoms with E-state index in [1.165, 1.54) is 30.1 Å². The summed E-state index contributed by atoms with van der Waals surface area (Å²) < 4.78 is 60.6. The number of nitrogens with zero attached hydrogens (tertiary/aromatic N) is 2. The van der Waals surface area contributed by atoms with Crippen LogP contribution in [0.15, 0.2) is 53.6 Å². The number of halogens is 5. The molecule has 2 aromatic carbocycles. The number of fused-ring (bicyclic) bond motifs is 1. The molecule has 206 valence electrons. The molecule has 4 rings (SSSR count). The molecule has 0 amide bonds. The zero-order valence-corrected chi connectivity index (χ0v) is 22.7. The predicted molar refractivity (Wildman–Crippen MR) is 144 cm³/mol. The minimum Gasteiger partial charge on any atom is -0.497 e. The molecule has 1 aromatic heterocycles. The van der Waals surface area contributed by atoms with E-state index in [4.69, 9.17) is 16.3 Å². The second-order valence-electron chi connectivity index (χ2n) is 9.75. The Bertz CT molecular complexity index is 1240. The summed E-state index contributed by atoms with van der Waals surface area (Å²) in [5.41, 5.74) is 0.0133. The van der Waals surface area contributed by atoms with Gasteiger partial charge < -0.3 is 14.7 Å². The van der Waals surface area contributed by atoms with E-state index in [9.17, 15) is 18.3 Å². The molecule has 0 spiro atoms. The molecule has 2 heterocycles. The van der Waals surface area contributed by atoms with Crippen molar-refractivity contribution in [1.29, 1.82) is 0 Å². The Hall–Kier alpha value is -2.07. The number of alkyl halides is 4. The van der Waals surface area contributed by atoms with Crippen LogP contribution in [-0.2, 0) is 6.18 Å². The van der Waals surface area contributed by atoms with Gasteiger partial charge in [-0.2, -0.15) is 13.2 Å². The highest BCUT2D eigenvalue weighted by molar-refractivity contribution is 7.99. The van der Waals surface area contributed by atoms with Gasteiger partial charge in [-0.15, -0.1) is 11.8 Å². The third-order valence-electron chi connectivity index (χ3n) is 7.42. The van der Waals surface area contributed by atoms with E-state index < -0.39 is 23.3 Å². The Balaban J connectivity index is 1.33. The molecule has 1 aliphatic heterocycles. The second-order valence-corrected chi connectivity index (χ2v) is 11.3. The lowest BCUT2D eigenvalue weighted by atomic mass is 9.74. The Morgan fingerprint density at radius 3 is 2.61 bits per heavy atom. The highest BCUT2D eigenvalue weighted by atomic mass is 35.5. The first kappa shape index (κ1) is 28.9. The molecule has 1 atom stereocenters. The summed E-state index contributed by atoms with van der Waals surface area (Å²) in [5, 5.41) is 11.1. The molecule has 0 aliphatic carbocycles. The van der Waals surface area contributed by atoms with E-state index in [0.29, 0.717) is 66.9 Å². The lowest BCUT2D eigenvalue weighted by molar-refractivity contribution is -0.139. The van der Waals surface area contributed by atoms with Crippen molar-refractivity contribution >= 4 is 34.3 Å². The number of pyridine rings is 1. The number of methoxy groups -OCH3 is 1. The first-order chi connectivity index (χ1) is 18.2. The first-order valence-corrected chi connectivity index (χ1v) is 13.9. The number of rotatable bonds is 10. The number of likely N-dealkylation sites (tertiary alicyclic amines) is 1. The highest BCUT2D eigenvalue weighted by Gasteiger charge is 2.36. The average molecular weight is 571 g/mol. The van der Waals surface area contributed by atoms with Gasteiger partial charge in [-0.05, 0) is 74.5 Å². The van der Waals surface area contributed by atoms with Crippen molar-refractivity contribution in [2.24, 2.45) is 5.41 Å². The average Bonchev–Trinajstić information content (AvgIpc) is 2.92. The summed E-state index contributed by atoms with van der Waals surface area (Å²) in [7, 11) is 1.54. The van der Waals surface area contributed by atoms with E-state index in [-0.39, 0.29) is 22.9 Å². The number of aromatic nitrogens is 1. The summed E-state index contributed by atoms with van der Waals surface area (Å²) in [4.78, 5) is 6.72. The normalized spacial score (nSPS) is 17.0. The maximum absolute atomic E-state index is 15.6. The number of benzene rings is 2. The van der Waals surface area contributed by atoms with E-state index in [1.807, 2.05) is 0 Å². The van der Waals surface area contributed by atoms with Gasteiger partial charge in [0.05, 0.1) is 23.2 Å². The monoisotopic (exact) mass is 570 g/mol. The molecule has 1 fully saturated rings. The Morgan fingerprint density at radius 2 is 1.92 bits per heavy atom. The quantitative estimate of drug-likeness (QED) is 0.201. The van der Waals surface area contributed by atoms with E-state index in [2.05, 4.69) is 9.88 Å². The van der Waals surface area contributed by atoms with Gasteiger partial charge in [-0.1, -0.05) is 23.7 Å². The van der Waals surface area contributed by atoms with Crippen LogP contribution in [0.5, 0.6) is 5.75 Å². The molecular weight excluding hydrogens is 540 g/mol. The van der Waals surface area contributed by atoms with Gasteiger partial charge in [0, 0.05) is 40.9 Å². The standard InChI is InChI=1S/C28H31ClF4N2O2S/c1-37-19-6-7-24-20(16-19)26(22(29)17-34-24)23(30)8-9-27(18-36)10-12-35(13-11-27)14-15-38-25-5-3-2-4-21(25)28(31,32)33/h2-7,16-17,23,36H,8-15,18H2,1H3/t23-/m0/s1. The molecule has 4 nitrogen and oxygen atoms in total. The SMILES string of the molecule is COc1ccc2ncc(Cl)c([C@@H](F)CCC3(CO)CCN(CCSc4ccccc4C(F)(F)F)CC3)c2c1. The fraction of sp³-hybridized carbons (Fsp3) is 0.464. The van der Waals surface area contributed by atoms with Crippen LogP contribution in [0, 0.1) is 5.41 Å². The van der Waals surface area contributed by atoms with Crippen LogP contribution in [-0.4, -0.2) is 54.1 Å². The van der Waals surface area contributed by atoms with E-state index in [1.54, 1.807) is 31.4 Å². The lowest BCUT2D eigenvalue weighted by Crippen LogP contribution is -2.42. The molecule has 0 unspecified atom stereocenters. The Labute approximate surface area is 229 Å². The maximum Gasteiger partial charge on any atom is 0.417 e. The van der Waals surface area contributed by atoms with Crippen LogP contribution >= 0.6 is 23.4 Å². The Morgan fingerprint density at radius 1 is 1.18 bits per heavy atom. The van der Waals surface area contributed by atoms with Crippen molar-refractivity contribution in [2.75, 3.05) is 39.1 Å². The van der Waals surface area contributed by atoms with E-state index in [0.717, 1.165) is 6.07 Å². The number of piperidine rings is 1. The molecular formula is C28H31ClF4N2O2S. The predicted octanol–water partition coefficient (Wildman–Crippen LogP) is 7.57. The molecule has 38 heavy (non-hydrogen) atoms. The van der Waals surface area contributed by atoms with Crippen molar-refractivity contribution in [3.8, 4) is 5.75 Å². The van der Waals surface area contributed by atoms with Crippen LogP contribution in [0.1, 0.15) is 43.0 Å². The van der Waals surface area contributed by atoms with Gasteiger partial charge >= 0.3 is 6.18 Å². The number of hydrogen-bond donors (Lipinski definition) is 1. The molecule has 1 saturated heterocycles. The molecule has 0 radical (unpaired) electrons. The van der Waals surface area contributed by atoms with Gasteiger partial charge in [0.15, 0.2) is 0 Å². The fourth-order valence-corrected chi connectivity index (χ4v) is 6.39. The number of aliphatic hydroxyl groups is 1. The first-order valence-electron chi connectivity index (χ1n) is 12.5. The number of aliphatic hydroxyl groups excluding tert-OH is 1. The third kappa shape index (κ3) is 6.73. The number of hydrogen-bond acceptors (Lipinski definition) is 5. The minimum atomic E-state index is -4.37. The summed E-state index contributed by atoms with van der Waals surface area (Å²) in [6.07, 6.45) is -2.15. The molecule has 3 aromatic rings. The van der Waals surface area contributed by atoms with Crippen molar-refractivity contribution in [2.45, 2.75) is 42.9 Å². The molecule has 10 heteroatoms. The summed E-state index contributed by atoms with van der Waals surface area (Å²) >= 11 is 7.57. The Kier molecular flexibility index (Phi) is 9.44. The van der Waals surface area contributed by atoms with E-state index >= 15 is 4.39 Å². The van der Waals surface area contributed by atoms with Gasteiger partial charge in [0.2, 0.25) is 0 Å². The van der Waals surface area contributed by atoms with Crippen LogP contribution < -0.4 is 4.74 Å². The lowest BCUT2D eigenvalue weighted by Gasteiger charge is -2.41. The largest absolute Gasteiger partial charge is 0.497 e. The van der Waals surface area contributed by atoms with Crippen molar-refractivity contribution < 1.29 is 27.4 Å². The second kappa shape index (κ2) is 12.4. The van der Waals surface area contributed by atoms with Gasteiger partial charge in [0.1, 0.15) is 11.9 Å². The van der Waals surface area contributed by atoms with Crippen LogP contribution in [0.25, 0.3) is 10.9 Å². The molecule has 1 aliphatic rings. The minimum absolute atomic E-state index is 0.0418. The summed E-state index contributed by atoms with van der Waals surface area (Å²) in [6, 6.07) is 10.9. The van der Waals surface area contributed by atoms with Crippen molar-refractivity contribution in [1.82, 2.24) is 9.88 Å². The fourth-order valence-electron chi connectivity index (χ4n) is 5.04. The number of ether oxygens (including phenoxy) is 1. The van der Waals surface area contributed by atoms with Gasteiger partial charge in [-0.25, -0.2) is 4.39 Å². The third-order valence-corrected chi connectivity index (χ3v) is 8.77. The van der Waals surface area contributed by atoms with Crippen LogP contribution in [0.4, 0.5) is 17.6 Å².